The second-order valence-corrected chi connectivity index (χ2v) is 5.38. The minimum absolute atomic E-state index is 0.372. The van der Waals surface area contributed by atoms with Gasteiger partial charge >= 0.3 is 0 Å². The number of hydrogen-bond donors (Lipinski definition) is 0. The van der Waals surface area contributed by atoms with Crippen LogP contribution in [0.5, 0.6) is 5.75 Å². The topological polar surface area (TPSA) is 9.23 Å². The molecule has 0 aromatic heterocycles. The van der Waals surface area contributed by atoms with Gasteiger partial charge < -0.3 is 4.43 Å². The van der Waals surface area contributed by atoms with Crippen LogP contribution < -0.4 is 4.43 Å². The van der Waals surface area contributed by atoms with E-state index in [1.165, 1.54) is 5.56 Å². The molecule has 0 amide bonds. The lowest BCUT2D eigenvalue weighted by atomic mass is 10.1. The summed E-state index contributed by atoms with van der Waals surface area (Å²) in [4.78, 5) is 0. The highest BCUT2D eigenvalue weighted by Gasteiger charge is 2.08. The molecule has 2 rings (SSSR count). The van der Waals surface area contributed by atoms with Gasteiger partial charge in [-0.1, -0.05) is 54.6 Å². The predicted molar refractivity (Wildman–Crippen MR) is 75.0 cm³/mol. The van der Waals surface area contributed by atoms with E-state index in [2.05, 4.69) is 30.8 Å². The van der Waals surface area contributed by atoms with E-state index in [-0.39, 0.29) is 0 Å². The smallest absolute Gasteiger partial charge is 0.230 e. The number of hydrogen-bond acceptors (Lipinski definition) is 1. The molecular weight excluding hydrogens is 224 g/mol. The molecule has 0 aliphatic rings. The zero-order valence-corrected chi connectivity index (χ0v) is 11.2. The Balaban J connectivity index is 2.00. The van der Waals surface area contributed by atoms with E-state index in [1.54, 1.807) is 0 Å². The normalized spacial score (nSPS) is 12.5. The maximum atomic E-state index is 5.88. The van der Waals surface area contributed by atoms with Crippen LogP contribution in [0.15, 0.2) is 73.3 Å². The average molecular weight is 240 g/mol. The molecule has 2 aromatic carbocycles. The third-order valence-electron chi connectivity index (χ3n) is 2.69. The largest absolute Gasteiger partial charge is 0.548 e. The highest BCUT2D eigenvalue weighted by atomic mass is 28.2. The lowest BCUT2D eigenvalue weighted by molar-refractivity contribution is 0.586. The molecule has 0 aliphatic carbocycles. The Kier molecular flexibility index (Phi) is 4.16. The highest BCUT2D eigenvalue weighted by Crippen LogP contribution is 2.17. The Labute approximate surface area is 105 Å². The second kappa shape index (κ2) is 6.06. The lowest BCUT2D eigenvalue weighted by Crippen LogP contribution is -2.12. The van der Waals surface area contributed by atoms with Crippen molar-refractivity contribution in [1.82, 2.24) is 0 Å². The van der Waals surface area contributed by atoms with Crippen LogP contribution in [0.3, 0.4) is 0 Å². The van der Waals surface area contributed by atoms with Crippen molar-refractivity contribution in [3.63, 3.8) is 0 Å². The summed E-state index contributed by atoms with van der Waals surface area (Å²) >= 11 is 0. The van der Waals surface area contributed by atoms with E-state index >= 15 is 0 Å². The number of rotatable bonds is 5. The summed E-state index contributed by atoms with van der Waals surface area (Å²) in [6.45, 7) is 3.90. The van der Waals surface area contributed by atoms with Crippen LogP contribution in [-0.4, -0.2) is 9.76 Å². The third-order valence-corrected chi connectivity index (χ3v) is 4.35. The first-order valence-electron chi connectivity index (χ1n) is 5.75. The zero-order chi connectivity index (χ0) is 11.9. The van der Waals surface area contributed by atoms with Crippen molar-refractivity contribution in [2.75, 3.05) is 0 Å². The van der Waals surface area contributed by atoms with E-state index in [4.69, 9.17) is 4.43 Å². The van der Waals surface area contributed by atoms with E-state index < -0.39 is 9.76 Å². The molecule has 2 heteroatoms. The molecule has 1 atom stereocenters. The van der Waals surface area contributed by atoms with E-state index in [0.717, 1.165) is 5.75 Å². The summed E-state index contributed by atoms with van der Waals surface area (Å²) in [5, 5.41) is 0. The van der Waals surface area contributed by atoms with Gasteiger partial charge in [-0.25, -0.2) is 0 Å². The molecular formula is C15H16OSi. The molecule has 1 nitrogen and oxygen atoms in total. The van der Waals surface area contributed by atoms with Crippen molar-refractivity contribution >= 4 is 9.76 Å². The van der Waals surface area contributed by atoms with Gasteiger partial charge in [0.1, 0.15) is 5.75 Å². The first-order chi connectivity index (χ1) is 8.40. The average Bonchev–Trinajstić information content (AvgIpc) is 2.42. The summed E-state index contributed by atoms with van der Waals surface area (Å²) in [6.07, 6.45) is 1.99. The molecule has 0 fully saturated rings. The molecule has 2 aromatic rings. The summed E-state index contributed by atoms with van der Waals surface area (Å²) in [6, 6.07) is 20.4. The van der Waals surface area contributed by atoms with Gasteiger partial charge in [-0.05, 0) is 17.7 Å². The van der Waals surface area contributed by atoms with Crippen molar-refractivity contribution < 1.29 is 4.43 Å². The van der Waals surface area contributed by atoms with Crippen molar-refractivity contribution in [1.29, 1.82) is 0 Å². The number of allylic oxidation sites excluding steroid dienone is 1. The van der Waals surface area contributed by atoms with E-state index in [9.17, 15) is 0 Å². The van der Waals surface area contributed by atoms with Gasteiger partial charge in [0.25, 0.3) is 0 Å². The van der Waals surface area contributed by atoms with E-state index in [1.807, 2.05) is 42.5 Å². The Morgan fingerprint density at radius 1 is 0.941 bits per heavy atom. The Bertz CT molecular complexity index is 453. The molecule has 0 saturated heterocycles. The summed E-state index contributed by atoms with van der Waals surface area (Å²) in [5.41, 5.74) is 1.67. The predicted octanol–water partition coefficient (Wildman–Crippen LogP) is 3.08. The van der Waals surface area contributed by atoms with Crippen molar-refractivity contribution in [3.05, 3.63) is 78.9 Å². The monoisotopic (exact) mass is 240 g/mol. The van der Waals surface area contributed by atoms with Crippen LogP contribution in [0.2, 0.25) is 0 Å². The molecule has 0 radical (unpaired) electrons. The fourth-order valence-corrected chi connectivity index (χ4v) is 2.87. The molecule has 0 aliphatic heterocycles. The number of benzene rings is 2. The van der Waals surface area contributed by atoms with Crippen LogP contribution >= 0.6 is 0 Å². The van der Waals surface area contributed by atoms with Crippen LogP contribution in [0.25, 0.3) is 0 Å². The van der Waals surface area contributed by atoms with Gasteiger partial charge in [-0.15, -0.1) is 6.58 Å². The second-order valence-electron chi connectivity index (χ2n) is 3.88. The first kappa shape index (κ1) is 11.7. The fourth-order valence-electron chi connectivity index (χ4n) is 1.70. The maximum absolute atomic E-state index is 5.88. The molecule has 0 saturated carbocycles. The van der Waals surface area contributed by atoms with Crippen LogP contribution in [0.1, 0.15) is 11.1 Å². The minimum atomic E-state index is -0.689. The van der Waals surface area contributed by atoms with Gasteiger partial charge in [0.05, 0.1) is 0 Å². The van der Waals surface area contributed by atoms with Crippen LogP contribution in [-0.2, 0) is 0 Å². The molecule has 1 unspecified atom stereocenters. The van der Waals surface area contributed by atoms with Gasteiger partial charge in [0, 0.05) is 5.54 Å². The van der Waals surface area contributed by atoms with E-state index in [0.29, 0.717) is 5.54 Å². The maximum Gasteiger partial charge on any atom is 0.230 e. The summed E-state index contributed by atoms with van der Waals surface area (Å²) in [7, 11) is -0.689. The van der Waals surface area contributed by atoms with Gasteiger partial charge in [0.2, 0.25) is 9.76 Å². The summed E-state index contributed by atoms with van der Waals surface area (Å²) < 4.78 is 5.88. The summed E-state index contributed by atoms with van der Waals surface area (Å²) in [5.74, 6) is 0.960. The number of para-hydroxylation sites is 1. The molecule has 0 spiro atoms. The molecule has 0 bridgehead atoms. The zero-order valence-electron chi connectivity index (χ0n) is 9.75. The minimum Gasteiger partial charge on any atom is -0.548 e. The SMILES string of the molecule is C=CC([SiH2]Oc1ccccc1)c1ccccc1. The molecule has 86 valence electrons. The van der Waals surface area contributed by atoms with Crippen LogP contribution in [0, 0.1) is 0 Å². The first-order valence-corrected chi connectivity index (χ1v) is 7.15. The quantitative estimate of drug-likeness (QED) is 0.576. The Morgan fingerprint density at radius 2 is 1.53 bits per heavy atom. The van der Waals surface area contributed by atoms with Crippen molar-refractivity contribution in [2.45, 2.75) is 5.54 Å². The Morgan fingerprint density at radius 3 is 2.12 bits per heavy atom. The van der Waals surface area contributed by atoms with Gasteiger partial charge in [-0.3, -0.25) is 0 Å². The molecule has 17 heavy (non-hydrogen) atoms. The van der Waals surface area contributed by atoms with Crippen molar-refractivity contribution in [3.8, 4) is 5.75 Å². The molecule has 0 heterocycles. The lowest BCUT2D eigenvalue weighted by Gasteiger charge is -2.13. The van der Waals surface area contributed by atoms with Crippen LogP contribution in [0.4, 0.5) is 0 Å². The van der Waals surface area contributed by atoms with Gasteiger partial charge in [0.15, 0.2) is 0 Å². The Hall–Kier alpha value is -1.80. The molecule has 0 N–H and O–H groups in total. The fraction of sp³-hybridized carbons (Fsp3) is 0.0667. The standard InChI is InChI=1S/C15H16OSi/c1-2-15(13-9-5-3-6-10-13)17-16-14-11-7-4-8-12-14/h2-12,15H,1,17H2. The third kappa shape index (κ3) is 3.33. The van der Waals surface area contributed by atoms with Crippen molar-refractivity contribution in [2.24, 2.45) is 0 Å². The highest BCUT2D eigenvalue weighted by molar-refractivity contribution is 6.32. The van der Waals surface area contributed by atoms with Gasteiger partial charge in [-0.2, -0.15) is 0 Å².